The van der Waals surface area contributed by atoms with Gasteiger partial charge in [0.25, 0.3) is 0 Å². The summed E-state index contributed by atoms with van der Waals surface area (Å²) in [6.45, 7) is 4.18. The molecule has 2 fully saturated rings. The first kappa shape index (κ1) is 11.6. The topological polar surface area (TPSA) is 43.4 Å². The monoisotopic (exact) mass is 224 g/mol. The highest BCUT2D eigenvalue weighted by molar-refractivity contribution is 5.99. The zero-order chi connectivity index (χ0) is 11.8. The third kappa shape index (κ3) is 2.13. The van der Waals surface area contributed by atoms with Crippen molar-refractivity contribution in [1.82, 2.24) is 0 Å². The van der Waals surface area contributed by atoms with E-state index < -0.39 is 0 Å². The van der Waals surface area contributed by atoms with Crippen LogP contribution in [0.2, 0.25) is 0 Å². The third-order valence-electron chi connectivity index (χ3n) is 4.06. The lowest BCUT2D eigenvalue weighted by Crippen LogP contribution is -2.34. The van der Waals surface area contributed by atoms with Crippen molar-refractivity contribution in [3.8, 4) is 0 Å². The first-order valence-electron chi connectivity index (χ1n) is 6.28. The highest BCUT2D eigenvalue weighted by Crippen LogP contribution is 2.58. The van der Waals surface area contributed by atoms with Gasteiger partial charge in [0.1, 0.15) is 12.2 Å². The molecule has 3 heteroatoms. The molecule has 0 unspecified atom stereocenters. The van der Waals surface area contributed by atoms with Crippen LogP contribution in [0.3, 0.4) is 0 Å². The van der Waals surface area contributed by atoms with Crippen molar-refractivity contribution in [2.45, 2.75) is 46.0 Å². The Morgan fingerprint density at radius 2 is 1.69 bits per heavy atom. The molecule has 0 saturated heterocycles. The van der Waals surface area contributed by atoms with Gasteiger partial charge in [0.05, 0.1) is 6.61 Å². The maximum atomic E-state index is 12.2. The van der Waals surface area contributed by atoms with E-state index in [0.717, 1.165) is 25.7 Å². The van der Waals surface area contributed by atoms with E-state index >= 15 is 0 Å². The summed E-state index contributed by atoms with van der Waals surface area (Å²) < 4.78 is 4.85. The Morgan fingerprint density at radius 1 is 1.19 bits per heavy atom. The van der Waals surface area contributed by atoms with Crippen molar-refractivity contribution >= 4 is 11.8 Å². The lowest BCUT2D eigenvalue weighted by atomic mass is 9.75. The number of rotatable bonds is 6. The third-order valence-corrected chi connectivity index (χ3v) is 4.06. The quantitative estimate of drug-likeness (QED) is 0.513. The molecule has 16 heavy (non-hydrogen) atoms. The van der Waals surface area contributed by atoms with Crippen molar-refractivity contribution in [1.29, 1.82) is 0 Å². The average Bonchev–Trinajstić information content (AvgIpc) is 3.05. The summed E-state index contributed by atoms with van der Waals surface area (Å²) in [5, 5.41) is 0. The van der Waals surface area contributed by atoms with Crippen LogP contribution in [0.25, 0.3) is 0 Å². The molecule has 0 aromatic rings. The van der Waals surface area contributed by atoms with Gasteiger partial charge in [-0.15, -0.1) is 0 Å². The Kier molecular flexibility index (Phi) is 3.04. The number of ketones is 1. The van der Waals surface area contributed by atoms with Gasteiger partial charge in [-0.05, 0) is 44.4 Å². The van der Waals surface area contributed by atoms with Crippen LogP contribution in [0.5, 0.6) is 0 Å². The van der Waals surface area contributed by atoms with Crippen LogP contribution in [-0.4, -0.2) is 18.4 Å². The molecule has 0 aromatic heterocycles. The van der Waals surface area contributed by atoms with Crippen molar-refractivity contribution in [2.24, 2.45) is 17.3 Å². The van der Waals surface area contributed by atoms with E-state index in [0.29, 0.717) is 18.4 Å². The van der Waals surface area contributed by atoms with Gasteiger partial charge in [-0.1, -0.05) is 6.92 Å². The molecule has 0 amide bonds. The van der Waals surface area contributed by atoms with Crippen molar-refractivity contribution in [3.05, 3.63) is 0 Å². The summed E-state index contributed by atoms with van der Waals surface area (Å²) >= 11 is 0. The fourth-order valence-corrected chi connectivity index (χ4v) is 2.69. The second-order valence-corrected chi connectivity index (χ2v) is 5.24. The normalized spacial score (nSPS) is 20.6. The van der Waals surface area contributed by atoms with E-state index in [2.05, 4.69) is 6.92 Å². The Morgan fingerprint density at radius 3 is 2.06 bits per heavy atom. The van der Waals surface area contributed by atoms with Crippen molar-refractivity contribution in [3.63, 3.8) is 0 Å². The Balaban J connectivity index is 1.97. The molecule has 0 spiro atoms. The molecule has 3 nitrogen and oxygen atoms in total. The van der Waals surface area contributed by atoms with Crippen LogP contribution >= 0.6 is 0 Å². The zero-order valence-corrected chi connectivity index (χ0v) is 10.1. The van der Waals surface area contributed by atoms with E-state index in [-0.39, 0.29) is 23.6 Å². The molecule has 0 aromatic carbocycles. The lowest BCUT2D eigenvalue weighted by Gasteiger charge is -2.27. The fourth-order valence-electron chi connectivity index (χ4n) is 2.69. The maximum absolute atomic E-state index is 12.2. The Bertz CT molecular complexity index is 288. The van der Waals surface area contributed by atoms with Crippen LogP contribution in [0.15, 0.2) is 0 Å². The van der Waals surface area contributed by atoms with Gasteiger partial charge in [0, 0.05) is 5.41 Å². The second-order valence-electron chi connectivity index (χ2n) is 5.24. The summed E-state index contributed by atoms with van der Waals surface area (Å²) in [6, 6.07) is 0. The molecule has 0 heterocycles. The molecule has 2 aliphatic carbocycles. The molecular formula is C13H20O3. The van der Waals surface area contributed by atoms with Crippen molar-refractivity contribution in [2.75, 3.05) is 6.61 Å². The minimum absolute atomic E-state index is 0.0304. The largest absolute Gasteiger partial charge is 0.466 e. The molecule has 2 rings (SSSR count). The first-order valence-corrected chi connectivity index (χ1v) is 6.28. The minimum Gasteiger partial charge on any atom is -0.466 e. The molecule has 0 N–H and O–H groups in total. The van der Waals surface area contributed by atoms with Gasteiger partial charge >= 0.3 is 5.97 Å². The molecule has 2 aliphatic rings. The van der Waals surface area contributed by atoms with Gasteiger partial charge in [-0.3, -0.25) is 9.59 Å². The number of carbonyl (C=O) groups excluding carboxylic acids is 2. The van der Waals surface area contributed by atoms with Gasteiger partial charge in [-0.2, -0.15) is 0 Å². The molecule has 0 aliphatic heterocycles. The predicted molar refractivity (Wildman–Crippen MR) is 59.8 cm³/mol. The fraction of sp³-hybridized carbons (Fsp3) is 0.846. The van der Waals surface area contributed by atoms with Crippen LogP contribution < -0.4 is 0 Å². The Hall–Kier alpha value is -0.860. The molecule has 2 saturated carbocycles. The number of hydrogen-bond donors (Lipinski definition) is 0. The summed E-state index contributed by atoms with van der Waals surface area (Å²) in [5.74, 6) is 0.805. The van der Waals surface area contributed by atoms with E-state index in [1.54, 1.807) is 6.92 Å². The SMILES string of the molecule is CCOC(=O)CC(=O)C(C)(C1CC1)C1CC1. The number of hydrogen-bond acceptors (Lipinski definition) is 3. The zero-order valence-electron chi connectivity index (χ0n) is 10.1. The van der Waals surface area contributed by atoms with Crippen LogP contribution in [0.1, 0.15) is 46.0 Å². The molecule has 90 valence electrons. The van der Waals surface area contributed by atoms with E-state index in [1.807, 2.05) is 0 Å². The standard InChI is InChI=1S/C13H20O3/c1-3-16-12(15)8-11(14)13(2,9-4-5-9)10-6-7-10/h9-10H,3-8H2,1-2H3. The van der Waals surface area contributed by atoms with E-state index in [9.17, 15) is 9.59 Å². The van der Waals surface area contributed by atoms with Crippen molar-refractivity contribution < 1.29 is 14.3 Å². The average molecular weight is 224 g/mol. The highest BCUT2D eigenvalue weighted by Gasteiger charge is 2.55. The Labute approximate surface area is 96.5 Å². The molecule has 0 bridgehead atoms. The van der Waals surface area contributed by atoms with Crippen LogP contribution in [0.4, 0.5) is 0 Å². The van der Waals surface area contributed by atoms with Gasteiger partial charge in [0.15, 0.2) is 0 Å². The molecule has 0 atom stereocenters. The van der Waals surface area contributed by atoms with Gasteiger partial charge in [-0.25, -0.2) is 0 Å². The highest BCUT2D eigenvalue weighted by atomic mass is 16.5. The van der Waals surface area contributed by atoms with Gasteiger partial charge < -0.3 is 4.74 Å². The number of Topliss-reactive ketones (excluding diaryl/α,β-unsaturated/α-hetero) is 1. The smallest absolute Gasteiger partial charge is 0.313 e. The second kappa shape index (κ2) is 4.19. The van der Waals surface area contributed by atoms with Crippen LogP contribution in [0, 0.1) is 17.3 Å². The summed E-state index contributed by atoms with van der Waals surface area (Å²) in [5.41, 5.74) is -0.229. The van der Waals surface area contributed by atoms with E-state index in [4.69, 9.17) is 4.74 Å². The summed E-state index contributed by atoms with van der Waals surface area (Å²) in [7, 11) is 0. The minimum atomic E-state index is -0.361. The number of carbonyl (C=O) groups is 2. The summed E-state index contributed by atoms with van der Waals surface area (Å²) in [4.78, 5) is 23.6. The maximum Gasteiger partial charge on any atom is 0.313 e. The number of ether oxygens (including phenoxy) is 1. The van der Waals surface area contributed by atoms with Gasteiger partial charge in [0.2, 0.25) is 0 Å². The molecule has 0 radical (unpaired) electrons. The van der Waals surface area contributed by atoms with Crippen LogP contribution in [-0.2, 0) is 14.3 Å². The van der Waals surface area contributed by atoms with E-state index in [1.165, 1.54) is 0 Å². The first-order chi connectivity index (χ1) is 7.59. The predicted octanol–water partition coefficient (Wildman–Crippen LogP) is 2.33. The molecular weight excluding hydrogens is 204 g/mol. The number of esters is 1. The lowest BCUT2D eigenvalue weighted by molar-refractivity contribution is -0.148. The summed E-state index contributed by atoms with van der Waals surface area (Å²) in [6.07, 6.45) is 4.59.